The number of fused-ring (bicyclic) bond motifs is 1. The van der Waals surface area contributed by atoms with Crippen molar-refractivity contribution < 1.29 is 33.7 Å². The van der Waals surface area contributed by atoms with E-state index >= 15 is 0 Å². The Bertz CT molecular complexity index is 772. The molecule has 7 heteroatoms. The number of allylic oxidation sites excluding steroid dienone is 2. The first-order valence-corrected chi connectivity index (χ1v) is 9.59. The second-order valence-corrected chi connectivity index (χ2v) is 7.33. The molecular formula is C22H28O7. The molecular weight excluding hydrogens is 376 g/mol. The van der Waals surface area contributed by atoms with E-state index < -0.39 is 36.0 Å². The summed E-state index contributed by atoms with van der Waals surface area (Å²) in [6, 6.07) is 0. The highest BCUT2D eigenvalue weighted by Crippen LogP contribution is 2.36. The molecule has 1 saturated heterocycles. The maximum absolute atomic E-state index is 12.5. The van der Waals surface area contributed by atoms with Crippen LogP contribution < -0.4 is 0 Å². The number of hydrogen-bond acceptors (Lipinski definition) is 7. The fourth-order valence-electron chi connectivity index (χ4n) is 3.39. The van der Waals surface area contributed by atoms with Gasteiger partial charge in [0.05, 0.1) is 12.5 Å². The number of aliphatic hydroxyl groups excluding tert-OH is 1. The first-order chi connectivity index (χ1) is 13.7. The summed E-state index contributed by atoms with van der Waals surface area (Å²) in [6.07, 6.45) is 5.64. The molecule has 2 rings (SSSR count). The van der Waals surface area contributed by atoms with Crippen LogP contribution in [0.15, 0.2) is 47.1 Å². The Morgan fingerprint density at radius 1 is 1.38 bits per heavy atom. The Hall–Kier alpha value is -2.67. The summed E-state index contributed by atoms with van der Waals surface area (Å²) in [4.78, 5) is 35.9. The van der Waals surface area contributed by atoms with Crippen LogP contribution in [-0.2, 0) is 28.6 Å². The van der Waals surface area contributed by atoms with E-state index in [1.54, 1.807) is 6.92 Å². The van der Waals surface area contributed by atoms with Crippen LogP contribution in [0, 0.1) is 5.92 Å². The minimum atomic E-state index is -0.738. The molecule has 0 amide bonds. The third-order valence-corrected chi connectivity index (χ3v) is 4.98. The topological polar surface area (TPSA) is 99.1 Å². The Labute approximate surface area is 170 Å². The molecule has 0 aromatic rings. The maximum Gasteiger partial charge on any atom is 0.334 e. The predicted molar refractivity (Wildman–Crippen MR) is 106 cm³/mol. The Morgan fingerprint density at radius 3 is 2.76 bits per heavy atom. The van der Waals surface area contributed by atoms with Crippen LogP contribution in [0.2, 0.25) is 0 Å². The summed E-state index contributed by atoms with van der Waals surface area (Å²) in [6.45, 7) is 8.47. The monoisotopic (exact) mass is 404 g/mol. The number of hydrogen-bond donors (Lipinski definition) is 1. The molecule has 29 heavy (non-hydrogen) atoms. The summed E-state index contributed by atoms with van der Waals surface area (Å²) in [7, 11) is 0. The summed E-state index contributed by atoms with van der Waals surface area (Å²) >= 11 is 0. The van der Waals surface area contributed by atoms with Gasteiger partial charge in [0.25, 0.3) is 0 Å². The molecule has 0 aromatic heterocycles. The Kier molecular flexibility index (Phi) is 7.96. The van der Waals surface area contributed by atoms with E-state index in [0.29, 0.717) is 0 Å². The van der Waals surface area contributed by atoms with Gasteiger partial charge in [-0.25, -0.2) is 9.59 Å². The lowest BCUT2D eigenvalue weighted by atomic mass is 9.85. The van der Waals surface area contributed by atoms with E-state index in [1.807, 2.05) is 19.1 Å². The fourth-order valence-corrected chi connectivity index (χ4v) is 3.39. The van der Waals surface area contributed by atoms with Crippen molar-refractivity contribution in [2.75, 3.05) is 13.2 Å². The van der Waals surface area contributed by atoms with Crippen molar-refractivity contribution in [2.45, 2.75) is 52.2 Å². The lowest BCUT2D eigenvalue weighted by Crippen LogP contribution is -2.34. The van der Waals surface area contributed by atoms with Gasteiger partial charge in [-0.15, -0.1) is 0 Å². The third kappa shape index (κ3) is 6.15. The molecule has 0 radical (unpaired) electrons. The molecule has 0 bridgehead atoms. The summed E-state index contributed by atoms with van der Waals surface area (Å²) in [5.41, 5.74) is 2.33. The Balaban J connectivity index is 2.39. The van der Waals surface area contributed by atoms with Crippen LogP contribution in [0.5, 0.6) is 0 Å². The quantitative estimate of drug-likeness (QED) is 0.325. The van der Waals surface area contributed by atoms with Crippen LogP contribution in [0.25, 0.3) is 0 Å². The second-order valence-electron chi connectivity index (χ2n) is 7.33. The number of aliphatic hydroxyl groups is 1. The minimum absolute atomic E-state index is 0.0796. The summed E-state index contributed by atoms with van der Waals surface area (Å²) < 4.78 is 16.3. The van der Waals surface area contributed by atoms with Gasteiger partial charge < -0.3 is 19.3 Å². The average Bonchev–Trinajstić information content (AvgIpc) is 2.92. The van der Waals surface area contributed by atoms with E-state index in [9.17, 15) is 14.4 Å². The third-order valence-electron chi connectivity index (χ3n) is 4.98. The average molecular weight is 404 g/mol. The van der Waals surface area contributed by atoms with Crippen LogP contribution in [0.1, 0.15) is 40.0 Å². The fraction of sp³-hybridized carbons (Fsp3) is 0.500. The second kappa shape index (κ2) is 10.2. The molecule has 1 aliphatic heterocycles. The molecule has 0 unspecified atom stereocenters. The smallest absolute Gasteiger partial charge is 0.334 e. The van der Waals surface area contributed by atoms with Crippen molar-refractivity contribution in [1.29, 1.82) is 0 Å². The number of carbonyl (C=O) groups excluding carboxylic acids is 3. The van der Waals surface area contributed by atoms with Crippen molar-refractivity contribution in [3.05, 3.63) is 47.1 Å². The summed E-state index contributed by atoms with van der Waals surface area (Å²) in [5.74, 6) is -2.07. The van der Waals surface area contributed by atoms with Crippen molar-refractivity contribution in [2.24, 2.45) is 5.92 Å². The largest absolute Gasteiger partial charge is 0.461 e. The zero-order valence-electron chi connectivity index (χ0n) is 17.1. The van der Waals surface area contributed by atoms with Gasteiger partial charge in [0.2, 0.25) is 0 Å². The van der Waals surface area contributed by atoms with Crippen LogP contribution >= 0.6 is 0 Å². The van der Waals surface area contributed by atoms with Gasteiger partial charge in [-0.3, -0.25) is 4.79 Å². The molecule has 1 fully saturated rings. The molecule has 2 aliphatic rings. The van der Waals surface area contributed by atoms with E-state index in [0.717, 1.165) is 24.0 Å². The van der Waals surface area contributed by atoms with E-state index in [4.69, 9.17) is 19.3 Å². The van der Waals surface area contributed by atoms with Gasteiger partial charge in [0, 0.05) is 24.5 Å². The molecule has 1 N–H and O–H groups in total. The van der Waals surface area contributed by atoms with Gasteiger partial charge in [0.1, 0.15) is 18.8 Å². The number of carbonyl (C=O) groups is 3. The highest BCUT2D eigenvalue weighted by molar-refractivity contribution is 5.92. The normalized spacial score (nSPS) is 27.2. The molecule has 0 aromatic carbocycles. The first kappa shape index (κ1) is 22.6. The number of ether oxygens (including phenoxy) is 3. The molecule has 0 saturated carbocycles. The van der Waals surface area contributed by atoms with Gasteiger partial charge >= 0.3 is 17.9 Å². The van der Waals surface area contributed by atoms with Crippen molar-refractivity contribution in [3.8, 4) is 0 Å². The SMILES string of the molecule is C=C1C(=O)O[C@@H]2C=C(C)CC/C=C(\COC(C)=O)C[C@@H](OC(=O)/C(C)=C/CO)[C@@H]12. The van der Waals surface area contributed by atoms with E-state index in [1.165, 1.54) is 13.0 Å². The van der Waals surface area contributed by atoms with Gasteiger partial charge in [-0.1, -0.05) is 18.2 Å². The minimum Gasteiger partial charge on any atom is -0.461 e. The van der Waals surface area contributed by atoms with Crippen molar-refractivity contribution in [3.63, 3.8) is 0 Å². The van der Waals surface area contributed by atoms with Gasteiger partial charge in [-0.2, -0.15) is 0 Å². The zero-order chi connectivity index (χ0) is 21.6. The van der Waals surface area contributed by atoms with Crippen molar-refractivity contribution in [1.82, 2.24) is 0 Å². The molecule has 1 aliphatic carbocycles. The van der Waals surface area contributed by atoms with Crippen LogP contribution in [0.4, 0.5) is 0 Å². The highest BCUT2D eigenvalue weighted by atomic mass is 16.6. The summed E-state index contributed by atoms with van der Waals surface area (Å²) in [5, 5.41) is 9.03. The molecule has 1 heterocycles. The van der Waals surface area contributed by atoms with Gasteiger partial charge in [0.15, 0.2) is 0 Å². The molecule has 3 atom stereocenters. The van der Waals surface area contributed by atoms with Crippen LogP contribution in [-0.4, -0.2) is 48.4 Å². The first-order valence-electron chi connectivity index (χ1n) is 9.59. The maximum atomic E-state index is 12.5. The predicted octanol–water partition coefficient (Wildman–Crippen LogP) is 2.55. The molecule has 158 valence electrons. The van der Waals surface area contributed by atoms with Crippen LogP contribution in [0.3, 0.4) is 0 Å². The number of esters is 3. The van der Waals surface area contributed by atoms with E-state index in [2.05, 4.69) is 6.58 Å². The zero-order valence-corrected chi connectivity index (χ0v) is 17.1. The lowest BCUT2D eigenvalue weighted by molar-refractivity contribution is -0.148. The highest BCUT2D eigenvalue weighted by Gasteiger charge is 2.44. The van der Waals surface area contributed by atoms with E-state index in [-0.39, 0.29) is 30.8 Å². The molecule has 7 nitrogen and oxygen atoms in total. The standard InChI is InChI=1S/C22H28O7/c1-13-6-5-7-17(12-27-16(4)24)11-19(28-21(25)14(2)8-9-23)20-15(3)22(26)29-18(20)10-13/h7-8,10,18-20,23H,3,5-6,9,11-12H2,1-2,4H3/b13-10?,14-8+,17-7-/t18-,19-,20+/m1/s1. The lowest BCUT2D eigenvalue weighted by Gasteiger charge is -2.28. The van der Waals surface area contributed by atoms with Crippen molar-refractivity contribution >= 4 is 17.9 Å². The number of rotatable bonds is 5. The van der Waals surface area contributed by atoms with Gasteiger partial charge in [-0.05, 0) is 44.4 Å². The Morgan fingerprint density at radius 2 is 2.10 bits per heavy atom. The molecule has 0 spiro atoms.